The summed E-state index contributed by atoms with van der Waals surface area (Å²) in [7, 11) is 3.30. The molecule has 1 aliphatic heterocycles. The van der Waals surface area contributed by atoms with Crippen molar-refractivity contribution in [3.63, 3.8) is 0 Å². The van der Waals surface area contributed by atoms with Crippen molar-refractivity contribution in [3.05, 3.63) is 52.3 Å². The van der Waals surface area contributed by atoms with E-state index in [1.807, 2.05) is 18.2 Å². The minimum atomic E-state index is 0.0989. The van der Waals surface area contributed by atoms with Gasteiger partial charge in [0, 0.05) is 10.5 Å². The van der Waals surface area contributed by atoms with Crippen LogP contribution in [0.3, 0.4) is 0 Å². The highest BCUT2D eigenvalue weighted by atomic mass is 33.1. The zero-order chi connectivity index (χ0) is 10.7. The van der Waals surface area contributed by atoms with Gasteiger partial charge in [0.1, 0.15) is 0 Å². The van der Waals surface area contributed by atoms with Crippen LogP contribution in [0.25, 0.3) is 5.57 Å². The first-order chi connectivity index (χ1) is 7.27. The quantitative estimate of drug-likeness (QED) is 0.570. The molecular formula is C12H10OS2. The van der Waals surface area contributed by atoms with Gasteiger partial charge in [0.25, 0.3) is 0 Å². The Morgan fingerprint density at radius 2 is 2.00 bits per heavy atom. The van der Waals surface area contributed by atoms with E-state index in [-0.39, 0.29) is 5.78 Å². The van der Waals surface area contributed by atoms with Crippen LogP contribution < -0.4 is 0 Å². The molecule has 76 valence electrons. The van der Waals surface area contributed by atoms with Gasteiger partial charge in [-0.2, -0.15) is 0 Å². The highest BCUT2D eigenvalue weighted by Gasteiger charge is 2.15. The molecule has 1 nitrogen and oxygen atoms in total. The SMILES string of the molecule is CC(=O)/C=C1\SSC=C1c1ccccc1. The number of rotatable bonds is 2. The lowest BCUT2D eigenvalue weighted by Gasteiger charge is -2.02. The second kappa shape index (κ2) is 4.73. The van der Waals surface area contributed by atoms with Gasteiger partial charge in [-0.05, 0) is 24.0 Å². The second-order valence-electron chi connectivity index (χ2n) is 3.20. The van der Waals surface area contributed by atoms with Crippen molar-refractivity contribution >= 4 is 32.9 Å². The fourth-order valence-corrected chi connectivity index (χ4v) is 3.57. The standard InChI is InChI=1S/C12H10OS2/c1-9(13)7-12-11(8-14-15-12)10-5-3-2-4-6-10/h2-8H,1H3/b12-7-. The first-order valence-electron chi connectivity index (χ1n) is 4.59. The minimum absolute atomic E-state index is 0.0989. The van der Waals surface area contributed by atoms with E-state index in [9.17, 15) is 4.79 Å². The van der Waals surface area contributed by atoms with Crippen LogP contribution in [-0.2, 0) is 4.79 Å². The maximum Gasteiger partial charge on any atom is 0.153 e. The summed E-state index contributed by atoms with van der Waals surface area (Å²) < 4.78 is 0. The Balaban J connectivity index is 2.34. The third-order valence-corrected chi connectivity index (χ3v) is 4.05. The van der Waals surface area contributed by atoms with Crippen LogP contribution >= 0.6 is 21.6 Å². The van der Waals surface area contributed by atoms with E-state index in [0.29, 0.717) is 0 Å². The summed E-state index contributed by atoms with van der Waals surface area (Å²) in [5, 5.41) is 2.09. The van der Waals surface area contributed by atoms with Gasteiger partial charge >= 0.3 is 0 Å². The smallest absolute Gasteiger partial charge is 0.153 e. The summed E-state index contributed by atoms with van der Waals surface area (Å²) in [6.45, 7) is 1.58. The maximum absolute atomic E-state index is 11.1. The van der Waals surface area contributed by atoms with Crippen LogP contribution in [-0.4, -0.2) is 5.78 Å². The van der Waals surface area contributed by atoms with Gasteiger partial charge in [-0.15, -0.1) is 0 Å². The number of hydrogen-bond acceptors (Lipinski definition) is 3. The van der Waals surface area contributed by atoms with Crippen molar-refractivity contribution in [2.75, 3.05) is 0 Å². The molecule has 0 unspecified atom stereocenters. The predicted molar refractivity (Wildman–Crippen MR) is 68.4 cm³/mol. The Bertz CT molecular complexity index is 432. The number of allylic oxidation sites excluding steroid dienone is 2. The summed E-state index contributed by atoms with van der Waals surface area (Å²) in [6.07, 6.45) is 1.70. The summed E-state index contributed by atoms with van der Waals surface area (Å²) in [4.78, 5) is 12.1. The summed E-state index contributed by atoms with van der Waals surface area (Å²) in [6, 6.07) is 10.1. The van der Waals surface area contributed by atoms with E-state index in [1.54, 1.807) is 34.6 Å². The Morgan fingerprint density at radius 3 is 2.67 bits per heavy atom. The summed E-state index contributed by atoms with van der Waals surface area (Å²) >= 11 is 0. The second-order valence-corrected chi connectivity index (χ2v) is 5.31. The average molecular weight is 234 g/mol. The van der Waals surface area contributed by atoms with E-state index in [1.165, 1.54) is 5.56 Å². The molecule has 0 radical (unpaired) electrons. The molecule has 0 bridgehead atoms. The molecule has 0 aromatic heterocycles. The van der Waals surface area contributed by atoms with Crippen LogP contribution in [0.15, 0.2) is 46.7 Å². The van der Waals surface area contributed by atoms with Crippen LogP contribution in [0.1, 0.15) is 12.5 Å². The van der Waals surface area contributed by atoms with Crippen LogP contribution in [0.2, 0.25) is 0 Å². The summed E-state index contributed by atoms with van der Waals surface area (Å²) in [5.74, 6) is 0.0989. The molecule has 1 aliphatic rings. The third kappa shape index (κ3) is 2.55. The molecule has 0 saturated heterocycles. The first-order valence-corrected chi connectivity index (χ1v) is 6.80. The molecular weight excluding hydrogens is 224 g/mol. The normalized spacial score (nSPS) is 17.9. The molecule has 15 heavy (non-hydrogen) atoms. The Morgan fingerprint density at radius 1 is 1.27 bits per heavy atom. The third-order valence-electron chi connectivity index (χ3n) is 1.99. The lowest BCUT2D eigenvalue weighted by Crippen LogP contribution is -1.87. The van der Waals surface area contributed by atoms with Gasteiger partial charge in [-0.25, -0.2) is 0 Å². The van der Waals surface area contributed by atoms with E-state index in [0.717, 1.165) is 10.5 Å². The van der Waals surface area contributed by atoms with Crippen molar-refractivity contribution in [1.29, 1.82) is 0 Å². The first kappa shape index (κ1) is 10.6. The zero-order valence-electron chi connectivity index (χ0n) is 8.27. The molecule has 3 heteroatoms. The zero-order valence-corrected chi connectivity index (χ0v) is 9.90. The molecule has 0 spiro atoms. The molecule has 1 aromatic carbocycles. The molecule has 0 fully saturated rings. The largest absolute Gasteiger partial charge is 0.295 e. The fourth-order valence-electron chi connectivity index (χ4n) is 1.34. The van der Waals surface area contributed by atoms with Crippen LogP contribution in [0.4, 0.5) is 0 Å². The molecule has 0 saturated carbocycles. The molecule has 0 atom stereocenters. The maximum atomic E-state index is 11.1. The van der Waals surface area contributed by atoms with E-state index >= 15 is 0 Å². The number of hydrogen-bond donors (Lipinski definition) is 0. The Hall–Kier alpha value is -0.930. The van der Waals surface area contributed by atoms with Crippen LogP contribution in [0.5, 0.6) is 0 Å². The van der Waals surface area contributed by atoms with Crippen LogP contribution in [0, 0.1) is 0 Å². The van der Waals surface area contributed by atoms with Crippen molar-refractivity contribution in [2.45, 2.75) is 6.92 Å². The van der Waals surface area contributed by atoms with Gasteiger partial charge in [0.15, 0.2) is 5.78 Å². The van der Waals surface area contributed by atoms with Gasteiger partial charge < -0.3 is 0 Å². The molecule has 0 N–H and O–H groups in total. The molecule has 0 amide bonds. The molecule has 0 aliphatic carbocycles. The lowest BCUT2D eigenvalue weighted by atomic mass is 10.1. The van der Waals surface area contributed by atoms with Gasteiger partial charge in [-0.3, -0.25) is 4.79 Å². The number of carbonyl (C=O) groups is 1. The minimum Gasteiger partial charge on any atom is -0.295 e. The lowest BCUT2D eigenvalue weighted by molar-refractivity contribution is -0.112. The van der Waals surface area contributed by atoms with Crippen molar-refractivity contribution in [3.8, 4) is 0 Å². The Labute approximate surface area is 97.0 Å². The van der Waals surface area contributed by atoms with Crippen molar-refractivity contribution in [2.24, 2.45) is 0 Å². The topological polar surface area (TPSA) is 17.1 Å². The highest BCUT2D eigenvalue weighted by molar-refractivity contribution is 8.80. The van der Waals surface area contributed by atoms with Crippen molar-refractivity contribution in [1.82, 2.24) is 0 Å². The monoisotopic (exact) mass is 234 g/mol. The van der Waals surface area contributed by atoms with Gasteiger partial charge in [0.05, 0.1) is 0 Å². The van der Waals surface area contributed by atoms with E-state index < -0.39 is 0 Å². The molecule has 1 aromatic rings. The number of carbonyl (C=O) groups excluding carboxylic acids is 1. The Kier molecular flexibility index (Phi) is 3.34. The molecule has 2 rings (SSSR count). The highest BCUT2D eigenvalue weighted by Crippen LogP contribution is 2.47. The average Bonchev–Trinajstić information content (AvgIpc) is 2.66. The number of ketones is 1. The van der Waals surface area contributed by atoms with E-state index in [4.69, 9.17) is 0 Å². The van der Waals surface area contributed by atoms with Gasteiger partial charge in [-0.1, -0.05) is 51.9 Å². The van der Waals surface area contributed by atoms with Gasteiger partial charge in [0.2, 0.25) is 0 Å². The number of benzene rings is 1. The fraction of sp³-hybridized carbons (Fsp3) is 0.0833. The molecule has 1 heterocycles. The summed E-state index contributed by atoms with van der Waals surface area (Å²) in [5.41, 5.74) is 2.32. The predicted octanol–water partition coefficient (Wildman–Crippen LogP) is 3.90. The van der Waals surface area contributed by atoms with E-state index in [2.05, 4.69) is 17.5 Å². The van der Waals surface area contributed by atoms with Crippen molar-refractivity contribution < 1.29 is 4.79 Å².